The maximum atomic E-state index is 9.74. The minimum atomic E-state index is -0.855. The summed E-state index contributed by atoms with van der Waals surface area (Å²) in [6, 6.07) is 0. The molecular formula is C9H16O3. The quantitative estimate of drug-likeness (QED) is 0.598. The summed E-state index contributed by atoms with van der Waals surface area (Å²) in [6.45, 7) is 6.16. The maximum absolute atomic E-state index is 9.74. The molecule has 0 aliphatic carbocycles. The van der Waals surface area contributed by atoms with Gasteiger partial charge in [0, 0.05) is 6.42 Å². The number of ether oxygens (including phenoxy) is 2. The van der Waals surface area contributed by atoms with Crippen LogP contribution in [0.15, 0.2) is 0 Å². The highest BCUT2D eigenvalue weighted by molar-refractivity contribution is 5.02. The third-order valence-electron chi connectivity index (χ3n) is 2.77. The molecule has 3 nitrogen and oxygen atoms in total. The van der Waals surface area contributed by atoms with Gasteiger partial charge in [-0.05, 0) is 12.8 Å². The summed E-state index contributed by atoms with van der Waals surface area (Å²) in [7, 11) is 0. The van der Waals surface area contributed by atoms with Gasteiger partial charge < -0.3 is 14.6 Å². The van der Waals surface area contributed by atoms with Crippen LogP contribution in [0.1, 0.15) is 27.2 Å². The van der Waals surface area contributed by atoms with Crippen LogP contribution in [0.5, 0.6) is 0 Å². The first-order chi connectivity index (χ1) is 5.53. The predicted octanol–water partition coefficient (Wildman–Crippen LogP) is 0.907. The number of hydrogen-bond donors (Lipinski definition) is 1. The van der Waals surface area contributed by atoms with Crippen molar-refractivity contribution in [3.63, 3.8) is 0 Å². The standard InChI is InChI=1S/C9H16O3/c1-5(2)7-4-9(10)8(12-9)6(3)11-7/h5-8,10H,4H2,1-3H3/t6?,7-,8-,9?/m1/s1. The van der Waals surface area contributed by atoms with E-state index in [2.05, 4.69) is 13.8 Å². The van der Waals surface area contributed by atoms with Crippen molar-refractivity contribution in [2.24, 2.45) is 5.92 Å². The molecule has 2 rings (SSSR count). The van der Waals surface area contributed by atoms with Crippen LogP contribution in [0.2, 0.25) is 0 Å². The lowest BCUT2D eigenvalue weighted by molar-refractivity contribution is -0.0992. The molecule has 2 aliphatic rings. The second-order valence-electron chi connectivity index (χ2n) is 4.21. The second kappa shape index (κ2) is 2.44. The third-order valence-corrected chi connectivity index (χ3v) is 2.77. The fourth-order valence-corrected chi connectivity index (χ4v) is 1.89. The Balaban J connectivity index is 2.04. The monoisotopic (exact) mass is 172 g/mol. The lowest BCUT2D eigenvalue weighted by Gasteiger charge is -2.30. The molecule has 0 aromatic carbocycles. The molecule has 0 aromatic rings. The van der Waals surface area contributed by atoms with Crippen molar-refractivity contribution in [1.29, 1.82) is 0 Å². The highest BCUT2D eigenvalue weighted by Crippen LogP contribution is 2.46. The maximum Gasteiger partial charge on any atom is 0.198 e. The molecule has 2 heterocycles. The molecule has 2 unspecified atom stereocenters. The van der Waals surface area contributed by atoms with Crippen LogP contribution < -0.4 is 0 Å². The Morgan fingerprint density at radius 1 is 1.50 bits per heavy atom. The molecule has 12 heavy (non-hydrogen) atoms. The van der Waals surface area contributed by atoms with Gasteiger partial charge in [0.1, 0.15) is 6.10 Å². The zero-order valence-corrected chi connectivity index (χ0v) is 7.78. The topological polar surface area (TPSA) is 42.0 Å². The molecule has 2 fully saturated rings. The van der Waals surface area contributed by atoms with Gasteiger partial charge in [0.25, 0.3) is 0 Å². The average Bonchev–Trinajstić information content (AvgIpc) is 2.61. The largest absolute Gasteiger partial charge is 0.372 e. The molecule has 0 spiro atoms. The fraction of sp³-hybridized carbons (Fsp3) is 1.00. The summed E-state index contributed by atoms with van der Waals surface area (Å²) < 4.78 is 10.9. The average molecular weight is 172 g/mol. The van der Waals surface area contributed by atoms with E-state index >= 15 is 0 Å². The first kappa shape index (κ1) is 8.48. The Kier molecular flexibility index (Phi) is 1.72. The van der Waals surface area contributed by atoms with Crippen molar-refractivity contribution < 1.29 is 14.6 Å². The Morgan fingerprint density at radius 2 is 2.17 bits per heavy atom. The van der Waals surface area contributed by atoms with Crippen molar-refractivity contribution in [3.8, 4) is 0 Å². The zero-order chi connectivity index (χ0) is 8.93. The van der Waals surface area contributed by atoms with E-state index in [0.717, 1.165) is 0 Å². The number of epoxide rings is 1. The molecule has 1 N–H and O–H groups in total. The molecular weight excluding hydrogens is 156 g/mol. The van der Waals surface area contributed by atoms with E-state index in [4.69, 9.17) is 9.47 Å². The number of fused-ring (bicyclic) bond motifs is 1. The highest BCUT2D eigenvalue weighted by Gasteiger charge is 2.63. The number of rotatable bonds is 1. The van der Waals surface area contributed by atoms with Gasteiger partial charge in [0.2, 0.25) is 0 Å². The molecule has 70 valence electrons. The van der Waals surface area contributed by atoms with Crippen LogP contribution >= 0.6 is 0 Å². The van der Waals surface area contributed by atoms with Gasteiger partial charge in [-0.3, -0.25) is 0 Å². The smallest absolute Gasteiger partial charge is 0.198 e. The lowest BCUT2D eigenvalue weighted by Crippen LogP contribution is -2.40. The molecule has 0 bridgehead atoms. The van der Waals surface area contributed by atoms with E-state index in [9.17, 15) is 5.11 Å². The van der Waals surface area contributed by atoms with Gasteiger partial charge in [-0.25, -0.2) is 0 Å². The molecule has 0 radical (unpaired) electrons. The van der Waals surface area contributed by atoms with Crippen molar-refractivity contribution >= 4 is 0 Å². The van der Waals surface area contributed by atoms with E-state index in [1.165, 1.54) is 0 Å². The van der Waals surface area contributed by atoms with Crippen LogP contribution in [0, 0.1) is 5.92 Å². The highest BCUT2D eigenvalue weighted by atomic mass is 16.8. The molecule has 0 amide bonds. The van der Waals surface area contributed by atoms with Gasteiger partial charge >= 0.3 is 0 Å². The van der Waals surface area contributed by atoms with Crippen LogP contribution in [-0.4, -0.2) is 29.2 Å². The lowest BCUT2D eigenvalue weighted by atomic mass is 9.95. The van der Waals surface area contributed by atoms with E-state index in [1.807, 2.05) is 6.92 Å². The summed E-state index contributed by atoms with van der Waals surface area (Å²) in [6.07, 6.45) is 0.729. The van der Waals surface area contributed by atoms with Crippen molar-refractivity contribution in [1.82, 2.24) is 0 Å². The minimum Gasteiger partial charge on any atom is -0.372 e. The minimum absolute atomic E-state index is 0.0381. The summed E-state index contributed by atoms with van der Waals surface area (Å²) in [5.41, 5.74) is 0. The molecule has 0 saturated carbocycles. The number of aliphatic hydroxyl groups is 1. The molecule has 2 aliphatic heterocycles. The van der Waals surface area contributed by atoms with Crippen LogP contribution in [-0.2, 0) is 9.47 Å². The van der Waals surface area contributed by atoms with Crippen LogP contribution in [0.3, 0.4) is 0 Å². The fourth-order valence-electron chi connectivity index (χ4n) is 1.89. The van der Waals surface area contributed by atoms with Crippen molar-refractivity contribution in [2.45, 2.75) is 51.3 Å². The predicted molar refractivity (Wildman–Crippen MR) is 43.6 cm³/mol. The molecule has 0 aromatic heterocycles. The number of hydrogen-bond acceptors (Lipinski definition) is 3. The summed E-state index contributed by atoms with van der Waals surface area (Å²) in [5.74, 6) is -0.409. The molecule has 2 saturated heterocycles. The van der Waals surface area contributed by atoms with Gasteiger partial charge in [-0.2, -0.15) is 0 Å². The zero-order valence-electron chi connectivity index (χ0n) is 7.78. The second-order valence-corrected chi connectivity index (χ2v) is 4.21. The molecule has 4 atom stereocenters. The van der Waals surface area contributed by atoms with Crippen molar-refractivity contribution in [3.05, 3.63) is 0 Å². The molecule has 3 heteroatoms. The summed E-state index contributed by atoms with van der Waals surface area (Å²) in [5, 5.41) is 9.74. The van der Waals surface area contributed by atoms with E-state index in [-0.39, 0.29) is 18.3 Å². The first-order valence-electron chi connectivity index (χ1n) is 4.58. The first-order valence-corrected chi connectivity index (χ1v) is 4.58. The Hall–Kier alpha value is -0.120. The van der Waals surface area contributed by atoms with E-state index in [0.29, 0.717) is 12.3 Å². The van der Waals surface area contributed by atoms with E-state index in [1.54, 1.807) is 0 Å². The third kappa shape index (κ3) is 1.16. The Labute approximate surface area is 72.7 Å². The summed E-state index contributed by atoms with van der Waals surface area (Å²) in [4.78, 5) is 0. The Morgan fingerprint density at radius 3 is 2.67 bits per heavy atom. The van der Waals surface area contributed by atoms with Gasteiger partial charge in [0.15, 0.2) is 5.79 Å². The SMILES string of the molecule is CC1O[C@@H](C(C)C)CC2(O)O[C@H]12. The van der Waals surface area contributed by atoms with Crippen LogP contribution in [0.25, 0.3) is 0 Å². The van der Waals surface area contributed by atoms with Crippen molar-refractivity contribution in [2.75, 3.05) is 0 Å². The van der Waals surface area contributed by atoms with Gasteiger partial charge in [-0.1, -0.05) is 13.8 Å². The van der Waals surface area contributed by atoms with Crippen LogP contribution in [0.4, 0.5) is 0 Å². The van der Waals surface area contributed by atoms with Gasteiger partial charge in [-0.15, -0.1) is 0 Å². The summed E-state index contributed by atoms with van der Waals surface area (Å²) >= 11 is 0. The van der Waals surface area contributed by atoms with Gasteiger partial charge in [0.05, 0.1) is 12.2 Å². The van der Waals surface area contributed by atoms with E-state index < -0.39 is 5.79 Å². The normalized spacial score (nSPS) is 52.2. The Bertz CT molecular complexity index is 192.